The standard InChI is InChI=1S/C16H16ClNO2/c1-3-5-14-13(16(19)20)8-10(2)15(18-14)11-6-4-7-12(17)9-11/h4,6-9H,3,5H2,1-2H3,(H,19,20). The summed E-state index contributed by atoms with van der Waals surface area (Å²) in [5, 5.41) is 9.90. The number of aromatic carboxylic acids is 1. The van der Waals surface area contributed by atoms with Crippen LogP contribution in [0.1, 0.15) is 35.0 Å². The summed E-state index contributed by atoms with van der Waals surface area (Å²) in [6, 6.07) is 9.13. The first-order valence-corrected chi connectivity index (χ1v) is 6.90. The Hall–Kier alpha value is -1.87. The van der Waals surface area contributed by atoms with Gasteiger partial charge in [0.2, 0.25) is 0 Å². The molecule has 0 saturated heterocycles. The number of carboxylic acids is 1. The van der Waals surface area contributed by atoms with Gasteiger partial charge in [0.1, 0.15) is 0 Å². The number of hydrogen-bond donors (Lipinski definition) is 1. The number of halogens is 1. The molecule has 0 aliphatic heterocycles. The van der Waals surface area contributed by atoms with E-state index in [1.165, 1.54) is 0 Å². The predicted molar refractivity (Wildman–Crippen MR) is 80.4 cm³/mol. The molecule has 1 aromatic carbocycles. The molecule has 4 heteroatoms. The van der Waals surface area contributed by atoms with Crippen molar-refractivity contribution < 1.29 is 9.90 Å². The Bertz CT molecular complexity index is 653. The van der Waals surface area contributed by atoms with E-state index in [2.05, 4.69) is 4.98 Å². The van der Waals surface area contributed by atoms with Gasteiger partial charge in [0.05, 0.1) is 17.0 Å². The molecule has 0 amide bonds. The Morgan fingerprint density at radius 2 is 2.10 bits per heavy atom. The van der Waals surface area contributed by atoms with E-state index in [9.17, 15) is 9.90 Å². The minimum Gasteiger partial charge on any atom is -0.478 e. The molecule has 0 spiro atoms. The lowest BCUT2D eigenvalue weighted by Crippen LogP contribution is -2.07. The zero-order valence-electron chi connectivity index (χ0n) is 11.5. The highest BCUT2D eigenvalue weighted by Gasteiger charge is 2.15. The summed E-state index contributed by atoms with van der Waals surface area (Å²) in [7, 11) is 0. The van der Waals surface area contributed by atoms with E-state index in [1.54, 1.807) is 12.1 Å². The molecule has 2 rings (SSSR count). The summed E-state index contributed by atoms with van der Waals surface area (Å²) in [5.41, 5.74) is 3.45. The fourth-order valence-electron chi connectivity index (χ4n) is 2.19. The molecule has 0 bridgehead atoms. The smallest absolute Gasteiger partial charge is 0.337 e. The van der Waals surface area contributed by atoms with Gasteiger partial charge < -0.3 is 5.11 Å². The average Bonchev–Trinajstić information content (AvgIpc) is 2.40. The summed E-state index contributed by atoms with van der Waals surface area (Å²) >= 11 is 6.01. The summed E-state index contributed by atoms with van der Waals surface area (Å²) in [6.45, 7) is 3.87. The molecule has 0 unspecified atom stereocenters. The summed E-state index contributed by atoms with van der Waals surface area (Å²) in [4.78, 5) is 15.8. The minimum atomic E-state index is -0.929. The summed E-state index contributed by atoms with van der Waals surface area (Å²) < 4.78 is 0. The largest absolute Gasteiger partial charge is 0.478 e. The molecule has 1 heterocycles. The lowest BCUT2D eigenvalue weighted by atomic mass is 10.0. The van der Waals surface area contributed by atoms with E-state index in [0.29, 0.717) is 17.1 Å². The highest BCUT2D eigenvalue weighted by Crippen LogP contribution is 2.26. The van der Waals surface area contributed by atoms with Crippen LogP contribution in [0.3, 0.4) is 0 Å². The van der Waals surface area contributed by atoms with Gasteiger partial charge in [0.15, 0.2) is 0 Å². The third-order valence-corrected chi connectivity index (χ3v) is 3.34. The van der Waals surface area contributed by atoms with Crippen LogP contribution in [0.15, 0.2) is 30.3 Å². The van der Waals surface area contributed by atoms with Crippen LogP contribution in [-0.2, 0) is 6.42 Å². The molecule has 0 aliphatic rings. The number of benzene rings is 1. The third-order valence-electron chi connectivity index (χ3n) is 3.11. The number of aromatic nitrogens is 1. The van der Waals surface area contributed by atoms with E-state index < -0.39 is 5.97 Å². The van der Waals surface area contributed by atoms with Gasteiger partial charge in [-0.1, -0.05) is 37.1 Å². The first-order chi connectivity index (χ1) is 9.52. The maximum atomic E-state index is 11.3. The summed E-state index contributed by atoms with van der Waals surface area (Å²) in [6.07, 6.45) is 1.50. The van der Waals surface area contributed by atoms with Crippen LogP contribution in [0.5, 0.6) is 0 Å². The number of aryl methyl sites for hydroxylation is 2. The Morgan fingerprint density at radius 3 is 2.70 bits per heavy atom. The Labute approximate surface area is 123 Å². The van der Waals surface area contributed by atoms with Crippen molar-refractivity contribution >= 4 is 17.6 Å². The van der Waals surface area contributed by atoms with Crippen molar-refractivity contribution in [2.75, 3.05) is 0 Å². The van der Waals surface area contributed by atoms with Gasteiger partial charge in [-0.2, -0.15) is 0 Å². The second-order valence-electron chi connectivity index (χ2n) is 4.71. The molecule has 3 nitrogen and oxygen atoms in total. The zero-order valence-corrected chi connectivity index (χ0v) is 12.2. The predicted octanol–water partition coefficient (Wildman–Crippen LogP) is 4.36. The normalized spacial score (nSPS) is 10.6. The van der Waals surface area contributed by atoms with Gasteiger partial charge in [-0.3, -0.25) is 4.98 Å². The lowest BCUT2D eigenvalue weighted by molar-refractivity contribution is 0.0695. The average molecular weight is 290 g/mol. The number of carbonyl (C=O) groups is 1. The second kappa shape index (κ2) is 6.06. The van der Waals surface area contributed by atoms with Crippen molar-refractivity contribution in [2.24, 2.45) is 0 Å². The molecular weight excluding hydrogens is 274 g/mol. The van der Waals surface area contributed by atoms with E-state index >= 15 is 0 Å². The van der Waals surface area contributed by atoms with Crippen molar-refractivity contribution in [3.05, 3.63) is 52.2 Å². The highest BCUT2D eigenvalue weighted by atomic mass is 35.5. The SMILES string of the molecule is CCCc1nc(-c2cccc(Cl)c2)c(C)cc1C(=O)O. The van der Waals surface area contributed by atoms with Crippen molar-refractivity contribution in [3.8, 4) is 11.3 Å². The monoisotopic (exact) mass is 289 g/mol. The van der Waals surface area contributed by atoms with Crippen LogP contribution >= 0.6 is 11.6 Å². The molecule has 0 fully saturated rings. The summed E-state index contributed by atoms with van der Waals surface area (Å²) in [5.74, 6) is -0.929. The van der Waals surface area contributed by atoms with Crippen molar-refractivity contribution in [1.82, 2.24) is 4.98 Å². The fourth-order valence-corrected chi connectivity index (χ4v) is 2.38. The number of hydrogen-bond acceptors (Lipinski definition) is 2. The van der Waals surface area contributed by atoms with Crippen LogP contribution < -0.4 is 0 Å². The molecule has 0 atom stereocenters. The zero-order chi connectivity index (χ0) is 14.7. The fraction of sp³-hybridized carbons (Fsp3) is 0.250. The molecule has 20 heavy (non-hydrogen) atoms. The molecule has 2 aromatic rings. The van der Waals surface area contributed by atoms with Crippen LogP contribution in [0.4, 0.5) is 0 Å². The number of rotatable bonds is 4. The molecule has 1 aromatic heterocycles. The molecule has 0 saturated carbocycles. The van der Waals surface area contributed by atoms with Crippen LogP contribution in [0, 0.1) is 6.92 Å². The van der Waals surface area contributed by atoms with Gasteiger partial charge in [-0.15, -0.1) is 0 Å². The maximum Gasteiger partial charge on any atom is 0.337 e. The van der Waals surface area contributed by atoms with E-state index in [-0.39, 0.29) is 5.56 Å². The number of pyridine rings is 1. The van der Waals surface area contributed by atoms with Crippen molar-refractivity contribution in [1.29, 1.82) is 0 Å². The second-order valence-corrected chi connectivity index (χ2v) is 5.15. The first-order valence-electron chi connectivity index (χ1n) is 6.52. The van der Waals surface area contributed by atoms with E-state index in [0.717, 1.165) is 23.2 Å². The Balaban J connectivity index is 2.60. The third kappa shape index (κ3) is 2.99. The van der Waals surface area contributed by atoms with Crippen molar-refractivity contribution in [2.45, 2.75) is 26.7 Å². The molecule has 104 valence electrons. The van der Waals surface area contributed by atoms with Gasteiger partial charge in [-0.25, -0.2) is 4.79 Å². The topological polar surface area (TPSA) is 50.2 Å². The minimum absolute atomic E-state index is 0.287. The Kier molecular flexibility index (Phi) is 4.40. The van der Waals surface area contributed by atoms with Gasteiger partial charge in [-0.05, 0) is 37.1 Å². The first kappa shape index (κ1) is 14.5. The van der Waals surface area contributed by atoms with Crippen LogP contribution in [0.25, 0.3) is 11.3 Å². The molecular formula is C16H16ClNO2. The highest BCUT2D eigenvalue weighted by molar-refractivity contribution is 6.30. The van der Waals surface area contributed by atoms with Gasteiger partial charge in [0.25, 0.3) is 0 Å². The number of nitrogens with zero attached hydrogens (tertiary/aromatic N) is 1. The van der Waals surface area contributed by atoms with Crippen LogP contribution in [0.2, 0.25) is 5.02 Å². The van der Waals surface area contributed by atoms with Gasteiger partial charge in [0, 0.05) is 10.6 Å². The van der Waals surface area contributed by atoms with Crippen LogP contribution in [-0.4, -0.2) is 16.1 Å². The Morgan fingerprint density at radius 1 is 1.35 bits per heavy atom. The van der Waals surface area contributed by atoms with Crippen molar-refractivity contribution in [3.63, 3.8) is 0 Å². The van der Waals surface area contributed by atoms with E-state index in [4.69, 9.17) is 11.6 Å². The molecule has 0 aliphatic carbocycles. The molecule has 1 N–H and O–H groups in total. The quantitative estimate of drug-likeness (QED) is 0.910. The molecule has 0 radical (unpaired) electrons. The maximum absolute atomic E-state index is 11.3. The van der Waals surface area contributed by atoms with E-state index in [1.807, 2.05) is 32.0 Å². The lowest BCUT2D eigenvalue weighted by Gasteiger charge is -2.11. The number of carboxylic acid groups (broad SMARTS) is 1. The van der Waals surface area contributed by atoms with Gasteiger partial charge >= 0.3 is 5.97 Å².